The number of hydrogen-bond donors (Lipinski definition) is 0. The third kappa shape index (κ3) is 5.30. The highest BCUT2D eigenvalue weighted by molar-refractivity contribution is 9.10. The zero-order chi connectivity index (χ0) is 24.1. The summed E-state index contributed by atoms with van der Waals surface area (Å²) in [6.07, 6.45) is 3.46. The molecule has 1 aliphatic heterocycles. The molecule has 0 atom stereocenters. The molecule has 0 bridgehead atoms. The molecule has 0 radical (unpaired) electrons. The topological polar surface area (TPSA) is 65.1 Å². The molecule has 0 saturated heterocycles. The summed E-state index contributed by atoms with van der Waals surface area (Å²) < 4.78 is 16.8. The van der Waals surface area contributed by atoms with Crippen molar-refractivity contribution >= 4 is 33.6 Å². The lowest BCUT2D eigenvalue weighted by atomic mass is 9.83. The van der Waals surface area contributed by atoms with Gasteiger partial charge in [0.05, 0.1) is 41.9 Å². The van der Waals surface area contributed by atoms with Gasteiger partial charge < -0.3 is 19.1 Å². The maximum atomic E-state index is 13.1. The van der Waals surface area contributed by atoms with Crippen LogP contribution in [-0.2, 0) is 19.1 Å². The van der Waals surface area contributed by atoms with Gasteiger partial charge in [-0.05, 0) is 84.6 Å². The van der Waals surface area contributed by atoms with Crippen molar-refractivity contribution in [3.8, 4) is 5.75 Å². The zero-order valence-corrected chi connectivity index (χ0v) is 21.1. The molecule has 0 N–H and O–H groups in total. The summed E-state index contributed by atoms with van der Waals surface area (Å²) in [5, 5.41) is 0. The number of halogens is 1. The zero-order valence-electron chi connectivity index (χ0n) is 19.5. The molecule has 33 heavy (non-hydrogen) atoms. The van der Waals surface area contributed by atoms with Crippen LogP contribution < -0.4 is 9.64 Å². The van der Waals surface area contributed by atoms with Crippen molar-refractivity contribution in [3.05, 3.63) is 81.1 Å². The highest BCUT2D eigenvalue weighted by atomic mass is 79.9. The Morgan fingerprint density at radius 3 is 2.00 bits per heavy atom. The van der Waals surface area contributed by atoms with Crippen LogP contribution in [0.3, 0.4) is 0 Å². The standard InChI is InChI=1S/C26H28BrNO5/c1-6-32-25(29)20-14-28(19-10-8-16(3)17(4)12-19)15-21(26(30)33-7-2)24(20)18-9-11-23(31-5)22(27)13-18/h8-15,24H,6-7H2,1-5H3. The third-order valence-electron chi connectivity index (χ3n) is 5.50. The number of carbonyl (C=O) groups excluding carboxylic acids is 2. The molecule has 0 aliphatic carbocycles. The van der Waals surface area contributed by atoms with Crippen LogP contribution in [0.25, 0.3) is 0 Å². The van der Waals surface area contributed by atoms with E-state index >= 15 is 0 Å². The van der Waals surface area contributed by atoms with Gasteiger partial charge in [0, 0.05) is 18.1 Å². The van der Waals surface area contributed by atoms with Gasteiger partial charge in [-0.3, -0.25) is 0 Å². The predicted octanol–water partition coefficient (Wildman–Crippen LogP) is 5.57. The number of esters is 2. The lowest BCUT2D eigenvalue weighted by Crippen LogP contribution is -2.29. The molecular formula is C26H28BrNO5. The van der Waals surface area contributed by atoms with E-state index in [4.69, 9.17) is 14.2 Å². The predicted molar refractivity (Wildman–Crippen MR) is 131 cm³/mol. The van der Waals surface area contributed by atoms with Crippen molar-refractivity contribution in [1.82, 2.24) is 0 Å². The highest BCUT2D eigenvalue weighted by Crippen LogP contribution is 2.41. The number of methoxy groups -OCH3 is 1. The van der Waals surface area contributed by atoms with E-state index < -0.39 is 17.9 Å². The van der Waals surface area contributed by atoms with Crippen LogP contribution in [0, 0.1) is 13.8 Å². The molecule has 1 heterocycles. The third-order valence-corrected chi connectivity index (χ3v) is 6.12. The lowest BCUT2D eigenvalue weighted by Gasteiger charge is -2.31. The van der Waals surface area contributed by atoms with Crippen molar-refractivity contribution in [2.24, 2.45) is 0 Å². The van der Waals surface area contributed by atoms with Crippen molar-refractivity contribution in [1.29, 1.82) is 0 Å². The molecule has 174 valence electrons. The molecule has 0 spiro atoms. The Morgan fingerprint density at radius 1 is 0.909 bits per heavy atom. The molecule has 1 aliphatic rings. The Morgan fingerprint density at radius 2 is 1.52 bits per heavy atom. The normalized spacial score (nSPS) is 13.8. The van der Waals surface area contributed by atoms with Gasteiger partial charge in [0.15, 0.2) is 0 Å². The second-order valence-corrected chi connectivity index (χ2v) is 8.47. The van der Waals surface area contributed by atoms with Gasteiger partial charge in [0.1, 0.15) is 5.75 Å². The summed E-state index contributed by atoms with van der Waals surface area (Å²) in [7, 11) is 1.58. The Kier molecular flexibility index (Phi) is 7.97. The Bertz CT molecular complexity index is 1090. The van der Waals surface area contributed by atoms with Gasteiger partial charge >= 0.3 is 11.9 Å². The molecule has 2 aromatic rings. The van der Waals surface area contributed by atoms with E-state index in [1.165, 1.54) is 0 Å². The number of benzene rings is 2. The molecule has 0 fully saturated rings. The van der Waals surface area contributed by atoms with Crippen molar-refractivity contribution in [2.75, 3.05) is 25.2 Å². The summed E-state index contributed by atoms with van der Waals surface area (Å²) in [5.41, 5.74) is 4.51. The average Bonchev–Trinajstić information content (AvgIpc) is 2.80. The quantitative estimate of drug-likeness (QED) is 0.450. The van der Waals surface area contributed by atoms with E-state index in [2.05, 4.69) is 15.9 Å². The van der Waals surface area contributed by atoms with Crippen molar-refractivity contribution in [3.63, 3.8) is 0 Å². The Balaban J connectivity index is 2.20. The number of rotatable bonds is 7. The van der Waals surface area contributed by atoms with Gasteiger partial charge in [-0.25, -0.2) is 9.59 Å². The van der Waals surface area contributed by atoms with Crippen LogP contribution in [0.15, 0.2) is 64.4 Å². The first-order valence-corrected chi connectivity index (χ1v) is 11.6. The molecule has 2 aromatic carbocycles. The Labute approximate surface area is 203 Å². The Hall–Kier alpha value is -3.06. The van der Waals surface area contributed by atoms with E-state index in [-0.39, 0.29) is 13.2 Å². The minimum atomic E-state index is -0.659. The van der Waals surface area contributed by atoms with Crippen LogP contribution in [0.1, 0.15) is 36.5 Å². The maximum Gasteiger partial charge on any atom is 0.336 e. The second kappa shape index (κ2) is 10.7. The summed E-state index contributed by atoms with van der Waals surface area (Å²) >= 11 is 3.51. The lowest BCUT2D eigenvalue weighted by molar-refractivity contribution is -0.139. The number of aryl methyl sites for hydroxylation is 2. The smallest absolute Gasteiger partial charge is 0.336 e. The van der Waals surface area contributed by atoms with Crippen molar-refractivity contribution < 1.29 is 23.8 Å². The number of ether oxygens (including phenoxy) is 3. The van der Waals surface area contributed by atoms with Gasteiger partial charge in [-0.15, -0.1) is 0 Å². The SMILES string of the molecule is CCOC(=O)C1=CN(c2ccc(C)c(C)c2)C=C(C(=O)OCC)C1c1ccc(OC)c(Br)c1. The number of carbonyl (C=O) groups is 2. The molecule has 0 amide bonds. The fourth-order valence-corrected chi connectivity index (χ4v) is 4.24. The van der Waals surface area contributed by atoms with Crippen molar-refractivity contribution in [2.45, 2.75) is 33.6 Å². The molecule has 0 aromatic heterocycles. The van der Waals surface area contributed by atoms with Crippen LogP contribution in [0.4, 0.5) is 5.69 Å². The highest BCUT2D eigenvalue weighted by Gasteiger charge is 2.36. The summed E-state index contributed by atoms with van der Waals surface area (Å²) in [6.45, 7) is 8.00. The first kappa shape index (κ1) is 24.6. The van der Waals surface area contributed by atoms with E-state index in [1.54, 1.807) is 44.3 Å². The van der Waals surface area contributed by atoms with E-state index in [0.29, 0.717) is 21.4 Å². The maximum absolute atomic E-state index is 13.1. The first-order valence-electron chi connectivity index (χ1n) is 10.8. The molecular weight excluding hydrogens is 486 g/mol. The molecule has 0 saturated carbocycles. The largest absolute Gasteiger partial charge is 0.496 e. The van der Waals surface area contributed by atoms with E-state index in [0.717, 1.165) is 22.4 Å². The molecule has 6 nitrogen and oxygen atoms in total. The van der Waals surface area contributed by atoms with E-state index in [9.17, 15) is 9.59 Å². The number of hydrogen-bond acceptors (Lipinski definition) is 6. The minimum Gasteiger partial charge on any atom is -0.496 e. The summed E-state index contributed by atoms with van der Waals surface area (Å²) in [4.78, 5) is 27.9. The van der Waals surface area contributed by atoms with Crippen LogP contribution in [0.2, 0.25) is 0 Å². The summed E-state index contributed by atoms with van der Waals surface area (Å²) in [5.74, 6) is -0.987. The van der Waals surface area contributed by atoms with Crippen LogP contribution in [-0.4, -0.2) is 32.3 Å². The molecule has 7 heteroatoms. The van der Waals surface area contributed by atoms with E-state index in [1.807, 2.05) is 44.2 Å². The van der Waals surface area contributed by atoms with Crippen LogP contribution >= 0.6 is 15.9 Å². The van der Waals surface area contributed by atoms with Gasteiger partial charge in [0.2, 0.25) is 0 Å². The molecule has 3 rings (SSSR count). The molecule has 0 unspecified atom stereocenters. The van der Waals surface area contributed by atoms with Crippen LogP contribution in [0.5, 0.6) is 5.75 Å². The minimum absolute atomic E-state index is 0.220. The summed E-state index contributed by atoms with van der Waals surface area (Å²) in [6, 6.07) is 11.4. The number of nitrogens with zero attached hydrogens (tertiary/aromatic N) is 1. The second-order valence-electron chi connectivity index (χ2n) is 7.61. The first-order chi connectivity index (χ1) is 15.8. The monoisotopic (exact) mass is 513 g/mol. The van der Waals surface area contributed by atoms with Gasteiger partial charge in [-0.2, -0.15) is 0 Å². The fraction of sp³-hybridized carbons (Fsp3) is 0.308. The average molecular weight is 514 g/mol. The van der Waals surface area contributed by atoms with Gasteiger partial charge in [-0.1, -0.05) is 12.1 Å². The van der Waals surface area contributed by atoms with Gasteiger partial charge in [0.25, 0.3) is 0 Å². The number of anilines is 1. The fourth-order valence-electron chi connectivity index (χ4n) is 3.68.